The van der Waals surface area contributed by atoms with E-state index in [1.807, 2.05) is 0 Å². The molecule has 2 N–H and O–H groups in total. The van der Waals surface area contributed by atoms with Crippen molar-refractivity contribution in [1.29, 1.82) is 0 Å². The molecule has 9 heteroatoms. The van der Waals surface area contributed by atoms with Crippen LogP contribution in [-0.2, 0) is 14.3 Å². The maximum absolute atomic E-state index is 11.7. The molecular formula is C15H28IN5O3. The lowest BCUT2D eigenvalue weighted by molar-refractivity contribution is -0.127. The van der Waals surface area contributed by atoms with Gasteiger partial charge in [-0.2, -0.15) is 0 Å². The van der Waals surface area contributed by atoms with Crippen LogP contribution in [0.1, 0.15) is 19.3 Å². The number of ether oxygens (including phenoxy) is 1. The fourth-order valence-corrected chi connectivity index (χ4v) is 2.72. The second-order valence-electron chi connectivity index (χ2n) is 6.46. The fraction of sp³-hybridized carbons (Fsp3) is 0.800. The van der Waals surface area contributed by atoms with Crippen LogP contribution in [0.25, 0.3) is 0 Å². The number of amides is 2. The Morgan fingerprint density at radius 1 is 1.12 bits per heavy atom. The van der Waals surface area contributed by atoms with Crippen LogP contribution < -0.4 is 10.6 Å². The second-order valence-corrected chi connectivity index (χ2v) is 6.46. The second kappa shape index (κ2) is 9.40. The Morgan fingerprint density at radius 2 is 1.79 bits per heavy atom. The van der Waals surface area contributed by atoms with Crippen LogP contribution in [0.2, 0.25) is 0 Å². The van der Waals surface area contributed by atoms with Crippen molar-refractivity contribution in [1.82, 2.24) is 20.4 Å². The van der Waals surface area contributed by atoms with Crippen LogP contribution in [0.3, 0.4) is 0 Å². The molecule has 2 rings (SSSR count). The molecule has 0 saturated carbocycles. The van der Waals surface area contributed by atoms with E-state index in [4.69, 9.17) is 4.74 Å². The summed E-state index contributed by atoms with van der Waals surface area (Å²) in [4.78, 5) is 30.8. The molecule has 2 amide bonds. The van der Waals surface area contributed by atoms with Gasteiger partial charge < -0.3 is 25.2 Å². The zero-order chi connectivity index (χ0) is 17.0. The van der Waals surface area contributed by atoms with Crippen LogP contribution in [0.4, 0.5) is 0 Å². The van der Waals surface area contributed by atoms with Crippen molar-refractivity contribution in [3.8, 4) is 0 Å². The lowest BCUT2D eigenvalue weighted by Gasteiger charge is -2.23. The predicted molar refractivity (Wildman–Crippen MR) is 103 cm³/mol. The van der Waals surface area contributed by atoms with Gasteiger partial charge >= 0.3 is 0 Å². The van der Waals surface area contributed by atoms with Crippen molar-refractivity contribution in [3.63, 3.8) is 0 Å². The highest BCUT2D eigenvalue weighted by molar-refractivity contribution is 14.0. The molecule has 2 saturated heterocycles. The maximum atomic E-state index is 11.7. The minimum atomic E-state index is -0.0887. The van der Waals surface area contributed by atoms with Gasteiger partial charge in [0.25, 0.3) is 0 Å². The van der Waals surface area contributed by atoms with E-state index < -0.39 is 0 Å². The average Bonchev–Trinajstić information content (AvgIpc) is 3.11. The first kappa shape index (κ1) is 20.9. The van der Waals surface area contributed by atoms with Gasteiger partial charge in [0.1, 0.15) is 6.54 Å². The standard InChI is InChI=1S/C15H27N5O3.HI/c1-19(2)13(21)8-16-15(17-9-14(22)20(3)4)18-11-7-10-5-6-12(11)23-10;/h10-12H,5-9H2,1-4H3,(H2,16,17,18);1H. The van der Waals surface area contributed by atoms with Crippen LogP contribution in [0.5, 0.6) is 0 Å². The molecule has 2 bridgehead atoms. The Morgan fingerprint density at radius 3 is 2.29 bits per heavy atom. The number of guanidine groups is 1. The molecule has 3 atom stereocenters. The van der Waals surface area contributed by atoms with Crippen LogP contribution in [0, 0.1) is 0 Å². The third-order valence-electron chi connectivity index (χ3n) is 4.21. The van der Waals surface area contributed by atoms with Crippen molar-refractivity contribution < 1.29 is 14.3 Å². The van der Waals surface area contributed by atoms with E-state index in [9.17, 15) is 9.59 Å². The summed E-state index contributed by atoms with van der Waals surface area (Å²) in [6, 6.07) is 0.184. The smallest absolute Gasteiger partial charge is 0.243 e. The fourth-order valence-electron chi connectivity index (χ4n) is 2.72. The number of halogens is 1. The van der Waals surface area contributed by atoms with Gasteiger partial charge in [-0.15, -0.1) is 24.0 Å². The largest absolute Gasteiger partial charge is 0.373 e. The Hall–Kier alpha value is -1.10. The van der Waals surface area contributed by atoms with Gasteiger partial charge in [0, 0.05) is 28.2 Å². The number of nitrogens with one attached hydrogen (secondary N) is 2. The van der Waals surface area contributed by atoms with E-state index in [0.717, 1.165) is 19.3 Å². The average molecular weight is 453 g/mol. The lowest BCUT2D eigenvalue weighted by atomic mass is 9.96. The zero-order valence-corrected chi connectivity index (χ0v) is 17.1. The summed E-state index contributed by atoms with van der Waals surface area (Å²) in [5, 5.41) is 6.31. The normalized spacial score (nSPS) is 25.0. The number of aliphatic imine (C=N–C) groups is 1. The summed E-state index contributed by atoms with van der Waals surface area (Å²) in [6.07, 6.45) is 3.62. The number of carbonyl (C=O) groups is 2. The third-order valence-corrected chi connectivity index (χ3v) is 4.21. The highest BCUT2D eigenvalue weighted by Gasteiger charge is 2.41. The molecule has 138 valence electrons. The summed E-state index contributed by atoms with van der Waals surface area (Å²) in [7, 11) is 6.79. The van der Waals surface area contributed by atoms with E-state index in [0.29, 0.717) is 12.1 Å². The topological polar surface area (TPSA) is 86.3 Å². The lowest BCUT2D eigenvalue weighted by Crippen LogP contribution is -2.49. The predicted octanol–water partition coefficient (Wildman–Crippen LogP) is -0.364. The monoisotopic (exact) mass is 453 g/mol. The molecule has 2 aliphatic rings. The molecule has 3 unspecified atom stereocenters. The van der Waals surface area contributed by atoms with Crippen LogP contribution in [0.15, 0.2) is 4.99 Å². The summed E-state index contributed by atoms with van der Waals surface area (Å²) in [6.45, 7) is 0.177. The molecule has 0 aromatic rings. The zero-order valence-electron chi connectivity index (χ0n) is 14.7. The van der Waals surface area contributed by atoms with Crippen molar-refractivity contribution >= 4 is 41.8 Å². The third kappa shape index (κ3) is 5.76. The van der Waals surface area contributed by atoms with E-state index in [-0.39, 0.29) is 61.0 Å². The van der Waals surface area contributed by atoms with E-state index in [1.165, 1.54) is 9.80 Å². The highest BCUT2D eigenvalue weighted by Crippen LogP contribution is 2.34. The Labute approximate surface area is 160 Å². The minimum Gasteiger partial charge on any atom is -0.373 e. The molecule has 0 aromatic carbocycles. The van der Waals surface area contributed by atoms with Gasteiger partial charge in [-0.1, -0.05) is 0 Å². The Kier molecular flexibility index (Phi) is 8.20. The van der Waals surface area contributed by atoms with Gasteiger partial charge in [-0.05, 0) is 19.3 Å². The summed E-state index contributed by atoms with van der Waals surface area (Å²) in [5.74, 6) is 0.341. The molecule has 2 heterocycles. The van der Waals surface area contributed by atoms with Gasteiger partial charge in [0.05, 0.1) is 24.8 Å². The van der Waals surface area contributed by atoms with Gasteiger partial charge in [-0.3, -0.25) is 9.59 Å². The SMILES string of the molecule is CN(C)C(=O)CN=C(NCC(=O)N(C)C)NC1CC2CCC1O2.I. The van der Waals surface area contributed by atoms with Crippen molar-refractivity contribution in [2.75, 3.05) is 41.3 Å². The minimum absolute atomic E-state index is 0. The Bertz CT molecular complexity index is 484. The van der Waals surface area contributed by atoms with Crippen LogP contribution >= 0.6 is 24.0 Å². The molecule has 2 fully saturated rings. The Balaban J connectivity index is 0.00000288. The first-order valence-corrected chi connectivity index (χ1v) is 7.97. The highest BCUT2D eigenvalue weighted by atomic mass is 127. The quantitative estimate of drug-likeness (QED) is 0.337. The molecule has 8 nitrogen and oxygen atoms in total. The molecule has 0 aliphatic carbocycles. The van der Waals surface area contributed by atoms with E-state index in [1.54, 1.807) is 28.2 Å². The number of fused-ring (bicyclic) bond motifs is 2. The van der Waals surface area contributed by atoms with Crippen molar-refractivity contribution in [2.45, 2.75) is 37.5 Å². The van der Waals surface area contributed by atoms with Gasteiger partial charge in [-0.25, -0.2) is 4.99 Å². The van der Waals surface area contributed by atoms with E-state index >= 15 is 0 Å². The summed E-state index contributed by atoms with van der Waals surface area (Å²) < 4.78 is 5.82. The van der Waals surface area contributed by atoms with E-state index in [2.05, 4.69) is 15.6 Å². The molecule has 2 aliphatic heterocycles. The summed E-state index contributed by atoms with van der Waals surface area (Å²) in [5.41, 5.74) is 0. The number of nitrogens with zero attached hydrogens (tertiary/aromatic N) is 3. The van der Waals surface area contributed by atoms with Gasteiger partial charge in [0.15, 0.2) is 5.96 Å². The number of hydrogen-bond donors (Lipinski definition) is 2. The van der Waals surface area contributed by atoms with Crippen LogP contribution in [-0.4, -0.2) is 87.1 Å². The van der Waals surface area contributed by atoms with Gasteiger partial charge in [0.2, 0.25) is 11.8 Å². The number of likely N-dealkylation sites (N-methyl/N-ethyl adjacent to an activating group) is 2. The molecule has 24 heavy (non-hydrogen) atoms. The van der Waals surface area contributed by atoms with Crippen molar-refractivity contribution in [2.24, 2.45) is 4.99 Å². The number of hydrogen-bond acceptors (Lipinski definition) is 4. The summed E-state index contributed by atoms with van der Waals surface area (Å²) >= 11 is 0. The first-order valence-electron chi connectivity index (χ1n) is 7.97. The first-order chi connectivity index (χ1) is 10.9. The molecule has 0 spiro atoms. The van der Waals surface area contributed by atoms with Crippen molar-refractivity contribution in [3.05, 3.63) is 0 Å². The molecule has 0 aromatic heterocycles. The number of rotatable bonds is 5. The molecule has 0 radical (unpaired) electrons. The molecular weight excluding hydrogens is 425 g/mol. The maximum Gasteiger partial charge on any atom is 0.243 e. The number of carbonyl (C=O) groups excluding carboxylic acids is 2.